The van der Waals surface area contributed by atoms with Crippen LogP contribution in [-0.2, 0) is 0 Å². The van der Waals surface area contributed by atoms with E-state index >= 15 is 0 Å². The zero-order valence-corrected chi connectivity index (χ0v) is 12.3. The molecule has 0 amide bonds. The van der Waals surface area contributed by atoms with Gasteiger partial charge < -0.3 is 15.3 Å². The topological polar surface area (TPSA) is 35.5 Å². The van der Waals surface area contributed by atoms with Crippen LogP contribution in [0.1, 0.15) is 46.5 Å². The largest absolute Gasteiger partial charge is 0.394 e. The Morgan fingerprint density at radius 3 is 2.61 bits per heavy atom. The quantitative estimate of drug-likeness (QED) is 0.759. The molecule has 1 saturated carbocycles. The van der Waals surface area contributed by atoms with Gasteiger partial charge in [0.2, 0.25) is 0 Å². The number of likely N-dealkylation sites (tertiary alicyclic amines) is 1. The summed E-state index contributed by atoms with van der Waals surface area (Å²) in [4.78, 5) is 2.57. The van der Waals surface area contributed by atoms with E-state index in [9.17, 15) is 5.11 Å². The molecule has 2 N–H and O–H groups in total. The van der Waals surface area contributed by atoms with Crippen molar-refractivity contribution in [3.63, 3.8) is 0 Å². The molecule has 18 heavy (non-hydrogen) atoms. The number of nitrogens with one attached hydrogen (secondary N) is 1. The predicted molar refractivity (Wildman–Crippen MR) is 75.7 cm³/mol. The van der Waals surface area contributed by atoms with E-state index in [1.54, 1.807) is 0 Å². The average Bonchev–Trinajstić information content (AvgIpc) is 3.11. The maximum absolute atomic E-state index is 9.89. The van der Waals surface area contributed by atoms with Gasteiger partial charge >= 0.3 is 0 Å². The lowest BCUT2D eigenvalue weighted by molar-refractivity contribution is 0.0493. The molecule has 2 aliphatic rings. The van der Waals surface area contributed by atoms with Gasteiger partial charge in [0, 0.05) is 13.1 Å². The molecule has 0 spiro atoms. The first kappa shape index (κ1) is 14.3. The Kier molecular flexibility index (Phi) is 4.35. The molecule has 1 heterocycles. The molecule has 106 valence electrons. The highest BCUT2D eigenvalue weighted by molar-refractivity contribution is 5.03. The van der Waals surface area contributed by atoms with Crippen molar-refractivity contribution in [2.45, 2.75) is 52.0 Å². The Balaban J connectivity index is 1.99. The van der Waals surface area contributed by atoms with E-state index < -0.39 is 0 Å². The molecule has 0 aromatic rings. The van der Waals surface area contributed by atoms with Gasteiger partial charge in [-0.3, -0.25) is 0 Å². The van der Waals surface area contributed by atoms with Crippen LogP contribution in [0.2, 0.25) is 0 Å². The van der Waals surface area contributed by atoms with Crippen LogP contribution in [0.15, 0.2) is 0 Å². The third-order valence-electron chi connectivity index (χ3n) is 4.66. The number of hydrogen-bond donors (Lipinski definition) is 2. The lowest BCUT2D eigenvalue weighted by Crippen LogP contribution is -2.59. The van der Waals surface area contributed by atoms with Gasteiger partial charge in [0.05, 0.1) is 12.1 Å². The SMILES string of the molecule is CCNC(CO)(CN1CCCC(C)(C)C1)C1CC1. The number of rotatable bonds is 6. The molecule has 1 aliphatic heterocycles. The van der Waals surface area contributed by atoms with Crippen LogP contribution in [0.5, 0.6) is 0 Å². The zero-order valence-electron chi connectivity index (χ0n) is 12.3. The first-order valence-corrected chi connectivity index (χ1v) is 7.59. The molecule has 3 heteroatoms. The summed E-state index contributed by atoms with van der Waals surface area (Å²) >= 11 is 0. The summed E-state index contributed by atoms with van der Waals surface area (Å²) in [6, 6.07) is 0. The molecule has 0 bridgehead atoms. The summed E-state index contributed by atoms with van der Waals surface area (Å²) in [5.74, 6) is 0.687. The molecule has 2 fully saturated rings. The minimum Gasteiger partial charge on any atom is -0.394 e. The van der Waals surface area contributed by atoms with Crippen LogP contribution < -0.4 is 5.32 Å². The summed E-state index contributed by atoms with van der Waals surface area (Å²) in [5.41, 5.74) is 0.400. The Morgan fingerprint density at radius 2 is 2.11 bits per heavy atom. The van der Waals surface area contributed by atoms with Gasteiger partial charge in [-0.1, -0.05) is 20.8 Å². The van der Waals surface area contributed by atoms with Crippen molar-refractivity contribution >= 4 is 0 Å². The lowest BCUT2D eigenvalue weighted by Gasteiger charge is -2.44. The minimum atomic E-state index is -0.0395. The molecule has 0 aromatic carbocycles. The van der Waals surface area contributed by atoms with E-state index in [1.165, 1.54) is 38.8 Å². The van der Waals surface area contributed by atoms with Crippen LogP contribution in [0.3, 0.4) is 0 Å². The smallest absolute Gasteiger partial charge is 0.0628 e. The highest BCUT2D eigenvalue weighted by Crippen LogP contribution is 2.41. The maximum atomic E-state index is 9.89. The lowest BCUT2D eigenvalue weighted by atomic mass is 9.83. The second-order valence-electron chi connectivity index (χ2n) is 7.10. The van der Waals surface area contributed by atoms with Crippen LogP contribution in [0, 0.1) is 11.3 Å². The second kappa shape index (κ2) is 5.48. The van der Waals surface area contributed by atoms with Gasteiger partial charge in [-0.05, 0) is 50.1 Å². The Bertz CT molecular complexity index is 276. The molecule has 1 aliphatic carbocycles. The summed E-state index contributed by atoms with van der Waals surface area (Å²) in [6.45, 7) is 11.5. The highest BCUT2D eigenvalue weighted by Gasteiger charge is 2.45. The third-order valence-corrected chi connectivity index (χ3v) is 4.66. The number of piperidine rings is 1. The predicted octanol–water partition coefficient (Wildman–Crippen LogP) is 1.86. The van der Waals surface area contributed by atoms with E-state index in [2.05, 4.69) is 31.0 Å². The molecular formula is C15H30N2O. The van der Waals surface area contributed by atoms with Gasteiger partial charge in [-0.15, -0.1) is 0 Å². The van der Waals surface area contributed by atoms with E-state index in [1.807, 2.05) is 0 Å². The molecule has 1 saturated heterocycles. The molecule has 3 nitrogen and oxygen atoms in total. The van der Waals surface area contributed by atoms with Gasteiger partial charge in [-0.2, -0.15) is 0 Å². The molecule has 1 atom stereocenters. The minimum absolute atomic E-state index is 0.0395. The van der Waals surface area contributed by atoms with E-state index in [-0.39, 0.29) is 12.1 Å². The fourth-order valence-corrected chi connectivity index (χ4v) is 3.63. The van der Waals surface area contributed by atoms with Crippen molar-refractivity contribution in [3.8, 4) is 0 Å². The van der Waals surface area contributed by atoms with Gasteiger partial charge in [0.15, 0.2) is 0 Å². The Hall–Kier alpha value is -0.120. The second-order valence-corrected chi connectivity index (χ2v) is 7.10. The van der Waals surface area contributed by atoms with Crippen LogP contribution in [0.25, 0.3) is 0 Å². The van der Waals surface area contributed by atoms with E-state index in [0.717, 1.165) is 13.1 Å². The van der Waals surface area contributed by atoms with Gasteiger partial charge in [0.25, 0.3) is 0 Å². The fraction of sp³-hybridized carbons (Fsp3) is 1.00. The molecule has 2 rings (SSSR count). The number of nitrogens with zero attached hydrogens (tertiary/aromatic N) is 1. The van der Waals surface area contributed by atoms with Crippen LogP contribution >= 0.6 is 0 Å². The molecule has 1 unspecified atom stereocenters. The third kappa shape index (κ3) is 3.25. The van der Waals surface area contributed by atoms with Crippen molar-refractivity contribution in [2.24, 2.45) is 11.3 Å². The van der Waals surface area contributed by atoms with Crippen LogP contribution in [-0.4, -0.2) is 48.3 Å². The standard InChI is InChI=1S/C15H30N2O/c1-4-16-15(12-18,13-6-7-13)11-17-9-5-8-14(2,3)10-17/h13,16,18H,4-12H2,1-3H3. The molecular weight excluding hydrogens is 224 g/mol. The number of likely N-dealkylation sites (N-methyl/N-ethyl adjacent to an activating group) is 1. The maximum Gasteiger partial charge on any atom is 0.0628 e. The van der Waals surface area contributed by atoms with Gasteiger partial charge in [0.1, 0.15) is 0 Å². The van der Waals surface area contributed by atoms with Crippen molar-refractivity contribution in [1.82, 2.24) is 10.2 Å². The van der Waals surface area contributed by atoms with Crippen molar-refractivity contribution in [2.75, 3.05) is 32.8 Å². The zero-order chi connectivity index (χ0) is 13.2. The summed E-state index contributed by atoms with van der Waals surface area (Å²) < 4.78 is 0. The Morgan fingerprint density at radius 1 is 1.39 bits per heavy atom. The fourth-order valence-electron chi connectivity index (χ4n) is 3.63. The van der Waals surface area contributed by atoms with Crippen molar-refractivity contribution < 1.29 is 5.11 Å². The highest BCUT2D eigenvalue weighted by atomic mass is 16.3. The molecule has 0 aromatic heterocycles. The summed E-state index contributed by atoms with van der Waals surface area (Å²) in [6.07, 6.45) is 5.20. The Labute approximate surface area is 112 Å². The van der Waals surface area contributed by atoms with Crippen molar-refractivity contribution in [3.05, 3.63) is 0 Å². The average molecular weight is 254 g/mol. The normalized spacial score (nSPS) is 28.0. The van der Waals surface area contributed by atoms with Crippen molar-refractivity contribution in [1.29, 1.82) is 0 Å². The number of aliphatic hydroxyl groups excluding tert-OH is 1. The number of aliphatic hydroxyl groups is 1. The first-order chi connectivity index (χ1) is 8.51. The summed E-state index contributed by atoms with van der Waals surface area (Å²) in [5, 5.41) is 13.5. The van der Waals surface area contributed by atoms with Crippen LogP contribution in [0.4, 0.5) is 0 Å². The molecule has 0 radical (unpaired) electrons. The van der Waals surface area contributed by atoms with E-state index in [0.29, 0.717) is 11.3 Å². The van der Waals surface area contributed by atoms with E-state index in [4.69, 9.17) is 0 Å². The number of hydrogen-bond acceptors (Lipinski definition) is 3. The summed E-state index contributed by atoms with van der Waals surface area (Å²) in [7, 11) is 0. The first-order valence-electron chi connectivity index (χ1n) is 7.59. The van der Waals surface area contributed by atoms with Gasteiger partial charge in [-0.25, -0.2) is 0 Å². The monoisotopic (exact) mass is 254 g/mol.